The number of aryl methyl sites for hydroxylation is 1. The van der Waals surface area contributed by atoms with Gasteiger partial charge in [-0.2, -0.15) is 0 Å². The van der Waals surface area contributed by atoms with Gasteiger partial charge in [0.05, 0.1) is 10.7 Å². The zero-order valence-electron chi connectivity index (χ0n) is 16.7. The van der Waals surface area contributed by atoms with E-state index in [1.54, 1.807) is 0 Å². The van der Waals surface area contributed by atoms with E-state index in [9.17, 15) is 9.59 Å². The van der Waals surface area contributed by atoms with Crippen LogP contribution in [0.15, 0.2) is 30.3 Å². The molecule has 2 aromatic rings. The highest BCUT2D eigenvalue weighted by molar-refractivity contribution is 7.13. The molecule has 1 fully saturated rings. The van der Waals surface area contributed by atoms with Gasteiger partial charge in [0.2, 0.25) is 0 Å². The molecule has 0 bridgehead atoms. The highest BCUT2D eigenvalue weighted by atomic mass is 32.1. The Balaban J connectivity index is 1.50. The number of anilines is 1. The van der Waals surface area contributed by atoms with Crippen molar-refractivity contribution in [3.05, 3.63) is 45.9 Å². The maximum absolute atomic E-state index is 12.9. The van der Waals surface area contributed by atoms with Crippen LogP contribution in [-0.2, 0) is 6.42 Å². The topological polar surface area (TPSA) is 74.3 Å². The number of urea groups is 1. The third kappa shape index (κ3) is 5.32. The number of carbonyl (C=O) groups is 2. The molecule has 2 N–H and O–H groups in total. The third-order valence-electron chi connectivity index (χ3n) is 4.77. The van der Waals surface area contributed by atoms with E-state index in [-0.39, 0.29) is 18.0 Å². The summed E-state index contributed by atoms with van der Waals surface area (Å²) in [4.78, 5) is 32.2. The summed E-state index contributed by atoms with van der Waals surface area (Å²) < 4.78 is 0. The molecule has 1 saturated heterocycles. The van der Waals surface area contributed by atoms with Gasteiger partial charge in [0.1, 0.15) is 4.88 Å². The van der Waals surface area contributed by atoms with E-state index in [0.29, 0.717) is 19.0 Å². The normalized spacial score (nSPS) is 14.9. The van der Waals surface area contributed by atoms with Crippen molar-refractivity contribution in [2.45, 2.75) is 46.1 Å². The Labute approximate surface area is 170 Å². The largest absolute Gasteiger partial charge is 0.338 e. The number of nitrogens with zero attached hydrogens (tertiary/aromatic N) is 2. The van der Waals surface area contributed by atoms with Crippen molar-refractivity contribution >= 4 is 29.0 Å². The van der Waals surface area contributed by atoms with Crippen LogP contribution in [0.2, 0.25) is 0 Å². The smallest absolute Gasteiger partial charge is 0.319 e. The van der Waals surface area contributed by atoms with Crippen molar-refractivity contribution in [3.63, 3.8) is 0 Å². The quantitative estimate of drug-likeness (QED) is 0.794. The number of aromatic nitrogens is 1. The van der Waals surface area contributed by atoms with Gasteiger partial charge in [0.15, 0.2) is 0 Å². The van der Waals surface area contributed by atoms with E-state index < -0.39 is 0 Å². The van der Waals surface area contributed by atoms with E-state index in [4.69, 9.17) is 0 Å². The molecular formula is C21H28N4O2S. The first-order valence-corrected chi connectivity index (χ1v) is 10.6. The lowest BCUT2D eigenvalue weighted by Gasteiger charge is -2.32. The van der Waals surface area contributed by atoms with Crippen LogP contribution < -0.4 is 10.6 Å². The highest BCUT2D eigenvalue weighted by Crippen LogP contribution is 2.24. The molecule has 7 heteroatoms. The molecule has 0 radical (unpaired) electrons. The monoisotopic (exact) mass is 400 g/mol. The van der Waals surface area contributed by atoms with E-state index in [1.165, 1.54) is 11.3 Å². The summed E-state index contributed by atoms with van der Waals surface area (Å²) >= 11 is 1.52. The lowest BCUT2D eigenvalue weighted by atomic mass is 10.0. The van der Waals surface area contributed by atoms with Crippen LogP contribution in [0.1, 0.15) is 47.1 Å². The van der Waals surface area contributed by atoms with Gasteiger partial charge in [-0.25, -0.2) is 9.78 Å². The summed E-state index contributed by atoms with van der Waals surface area (Å²) in [5, 5.41) is 6.88. The molecule has 1 aromatic carbocycles. The molecule has 150 valence electrons. The van der Waals surface area contributed by atoms with Gasteiger partial charge < -0.3 is 15.5 Å². The van der Waals surface area contributed by atoms with Gasteiger partial charge in [-0.3, -0.25) is 4.79 Å². The summed E-state index contributed by atoms with van der Waals surface area (Å²) in [5.74, 6) is 0.592. The molecule has 1 aliphatic heterocycles. The van der Waals surface area contributed by atoms with Crippen LogP contribution in [0.25, 0.3) is 0 Å². The molecule has 28 heavy (non-hydrogen) atoms. The Morgan fingerprint density at radius 2 is 1.89 bits per heavy atom. The van der Waals surface area contributed by atoms with Crippen molar-refractivity contribution in [3.8, 4) is 0 Å². The maximum Gasteiger partial charge on any atom is 0.319 e. The number of thiazole rings is 1. The fourth-order valence-electron chi connectivity index (χ4n) is 3.33. The standard InChI is InChI=1S/C21H28N4O2S/c1-14(2)13-18-22-15(3)19(28-18)20(26)25-11-9-17(10-12-25)24-21(27)23-16-7-5-4-6-8-16/h4-8,14,17H,9-13H2,1-3H3,(H2,23,24,27). The summed E-state index contributed by atoms with van der Waals surface area (Å²) in [6.07, 6.45) is 2.41. The van der Waals surface area contributed by atoms with Crippen LogP contribution >= 0.6 is 11.3 Å². The van der Waals surface area contributed by atoms with Crippen molar-refractivity contribution in [1.29, 1.82) is 0 Å². The van der Waals surface area contributed by atoms with E-state index in [1.807, 2.05) is 42.2 Å². The summed E-state index contributed by atoms with van der Waals surface area (Å²) in [6, 6.07) is 9.25. The fourth-order valence-corrected chi connectivity index (χ4v) is 4.58. The number of hydrogen-bond donors (Lipinski definition) is 2. The predicted octanol–water partition coefficient (Wildman–Crippen LogP) is 4.08. The number of nitrogens with one attached hydrogen (secondary N) is 2. The van der Waals surface area contributed by atoms with E-state index >= 15 is 0 Å². The second-order valence-electron chi connectivity index (χ2n) is 7.65. The van der Waals surface area contributed by atoms with Crippen LogP contribution in [0.4, 0.5) is 10.5 Å². The SMILES string of the molecule is Cc1nc(CC(C)C)sc1C(=O)N1CCC(NC(=O)Nc2ccccc2)CC1. The Hall–Kier alpha value is -2.41. The lowest BCUT2D eigenvalue weighted by molar-refractivity contribution is 0.0713. The van der Waals surface area contributed by atoms with Crippen molar-refractivity contribution in [2.24, 2.45) is 5.92 Å². The Morgan fingerprint density at radius 1 is 1.21 bits per heavy atom. The Morgan fingerprint density at radius 3 is 2.54 bits per heavy atom. The van der Waals surface area contributed by atoms with Crippen molar-refractivity contribution in [2.75, 3.05) is 18.4 Å². The number of piperidine rings is 1. The maximum atomic E-state index is 12.9. The van der Waals surface area contributed by atoms with Gasteiger partial charge in [0.25, 0.3) is 5.91 Å². The molecule has 0 spiro atoms. The first kappa shape index (κ1) is 20.3. The van der Waals surface area contributed by atoms with Gasteiger partial charge in [0, 0.05) is 31.2 Å². The minimum atomic E-state index is -0.201. The second-order valence-corrected chi connectivity index (χ2v) is 8.73. The molecule has 0 aliphatic carbocycles. The Bertz CT molecular complexity index is 811. The minimum Gasteiger partial charge on any atom is -0.338 e. The summed E-state index contributed by atoms with van der Waals surface area (Å²) in [6.45, 7) is 7.52. The number of amides is 3. The van der Waals surface area contributed by atoms with Crippen LogP contribution in [-0.4, -0.2) is 41.0 Å². The van der Waals surface area contributed by atoms with Gasteiger partial charge in [-0.05, 0) is 37.8 Å². The number of carbonyl (C=O) groups excluding carboxylic acids is 2. The number of hydrogen-bond acceptors (Lipinski definition) is 4. The van der Waals surface area contributed by atoms with Gasteiger partial charge in [-0.1, -0.05) is 32.0 Å². The summed E-state index contributed by atoms with van der Waals surface area (Å²) in [7, 11) is 0. The third-order valence-corrected chi connectivity index (χ3v) is 5.93. The summed E-state index contributed by atoms with van der Waals surface area (Å²) in [5.41, 5.74) is 1.60. The molecule has 0 unspecified atom stereocenters. The number of para-hydroxylation sites is 1. The van der Waals surface area contributed by atoms with Gasteiger partial charge in [-0.15, -0.1) is 11.3 Å². The van der Waals surface area contributed by atoms with Gasteiger partial charge >= 0.3 is 6.03 Å². The highest BCUT2D eigenvalue weighted by Gasteiger charge is 2.27. The number of benzene rings is 1. The number of likely N-dealkylation sites (tertiary alicyclic amines) is 1. The molecule has 1 aliphatic rings. The molecule has 2 heterocycles. The van der Waals surface area contributed by atoms with Crippen molar-refractivity contribution < 1.29 is 9.59 Å². The Kier molecular flexibility index (Phi) is 6.67. The van der Waals surface area contributed by atoms with E-state index in [0.717, 1.165) is 40.5 Å². The van der Waals surface area contributed by atoms with E-state index in [2.05, 4.69) is 29.5 Å². The number of rotatable bonds is 5. The van der Waals surface area contributed by atoms with Crippen molar-refractivity contribution in [1.82, 2.24) is 15.2 Å². The van der Waals surface area contributed by atoms with Crippen LogP contribution in [0, 0.1) is 12.8 Å². The zero-order valence-corrected chi connectivity index (χ0v) is 17.5. The predicted molar refractivity (Wildman–Crippen MR) is 113 cm³/mol. The first-order valence-electron chi connectivity index (χ1n) is 9.80. The molecule has 1 aromatic heterocycles. The average molecular weight is 401 g/mol. The average Bonchev–Trinajstić information content (AvgIpc) is 3.02. The minimum absolute atomic E-state index is 0.0668. The van der Waals surface area contributed by atoms with Crippen LogP contribution in [0.3, 0.4) is 0 Å². The fraction of sp³-hybridized carbons (Fsp3) is 0.476. The molecule has 0 saturated carbocycles. The zero-order chi connectivity index (χ0) is 20.1. The lowest BCUT2D eigenvalue weighted by Crippen LogP contribution is -2.47. The first-order chi connectivity index (χ1) is 13.4. The second kappa shape index (κ2) is 9.19. The molecule has 3 rings (SSSR count). The molecule has 6 nitrogen and oxygen atoms in total. The van der Waals surface area contributed by atoms with Crippen LogP contribution in [0.5, 0.6) is 0 Å². The molecule has 0 atom stereocenters. The molecular weight excluding hydrogens is 372 g/mol. The molecule has 3 amide bonds.